The molecular formula is C12H14N2O2. The van der Waals surface area contributed by atoms with Crippen LogP contribution in [0.5, 0.6) is 5.75 Å². The van der Waals surface area contributed by atoms with E-state index in [1.807, 2.05) is 13.8 Å². The van der Waals surface area contributed by atoms with Crippen molar-refractivity contribution in [2.75, 3.05) is 6.61 Å². The van der Waals surface area contributed by atoms with Crippen molar-refractivity contribution in [3.63, 3.8) is 0 Å². The molecule has 0 atom stereocenters. The van der Waals surface area contributed by atoms with E-state index in [4.69, 9.17) is 10.00 Å². The first-order valence-electron chi connectivity index (χ1n) is 5.03. The molecule has 0 N–H and O–H groups in total. The molecule has 0 saturated heterocycles. The highest BCUT2D eigenvalue weighted by Gasteiger charge is 2.16. The summed E-state index contributed by atoms with van der Waals surface area (Å²) in [6.07, 6.45) is 2.84. The van der Waals surface area contributed by atoms with Crippen LogP contribution >= 0.6 is 0 Å². The molecule has 4 heteroatoms. The van der Waals surface area contributed by atoms with E-state index in [9.17, 15) is 4.79 Å². The number of hydrogen-bond acceptors (Lipinski definition) is 4. The number of hydrogen-bond donors (Lipinski definition) is 0. The fraction of sp³-hybridized carbons (Fsp3) is 0.417. The van der Waals surface area contributed by atoms with Gasteiger partial charge in [-0.05, 0) is 32.4 Å². The van der Waals surface area contributed by atoms with E-state index in [1.54, 1.807) is 12.1 Å². The van der Waals surface area contributed by atoms with Crippen LogP contribution in [0, 0.1) is 16.7 Å². The van der Waals surface area contributed by atoms with Gasteiger partial charge < -0.3 is 4.74 Å². The van der Waals surface area contributed by atoms with Gasteiger partial charge in [0.25, 0.3) is 0 Å². The van der Waals surface area contributed by atoms with Crippen LogP contribution in [0.15, 0.2) is 18.3 Å². The molecule has 0 saturated carbocycles. The molecule has 0 fully saturated rings. The average Bonchev–Trinajstić information content (AvgIpc) is 2.30. The second kappa shape index (κ2) is 5.26. The van der Waals surface area contributed by atoms with Gasteiger partial charge in [-0.15, -0.1) is 0 Å². The highest BCUT2D eigenvalue weighted by atomic mass is 16.5. The molecule has 1 heterocycles. The average molecular weight is 218 g/mol. The molecule has 0 aliphatic heterocycles. The molecule has 0 amide bonds. The SMILES string of the molecule is CC(C)(C#N)CCOc1ccc(C=O)nc1. The molecular weight excluding hydrogens is 204 g/mol. The number of carbonyl (C=O) groups excluding carboxylic acids is 1. The normalized spacial score (nSPS) is 10.6. The Bertz CT molecular complexity index is 390. The largest absolute Gasteiger partial charge is 0.492 e. The number of aromatic nitrogens is 1. The van der Waals surface area contributed by atoms with Gasteiger partial charge in [-0.3, -0.25) is 4.79 Å². The van der Waals surface area contributed by atoms with Crippen molar-refractivity contribution in [1.29, 1.82) is 5.26 Å². The van der Waals surface area contributed by atoms with Crippen molar-refractivity contribution in [3.05, 3.63) is 24.0 Å². The fourth-order valence-electron chi connectivity index (χ4n) is 1.03. The number of nitrogens with zero attached hydrogens (tertiary/aromatic N) is 2. The Morgan fingerprint density at radius 3 is 2.81 bits per heavy atom. The van der Waals surface area contributed by atoms with Crippen molar-refractivity contribution in [2.45, 2.75) is 20.3 Å². The summed E-state index contributed by atoms with van der Waals surface area (Å²) in [6.45, 7) is 4.19. The zero-order valence-corrected chi connectivity index (χ0v) is 9.43. The van der Waals surface area contributed by atoms with E-state index in [-0.39, 0.29) is 5.41 Å². The van der Waals surface area contributed by atoms with E-state index < -0.39 is 0 Å². The summed E-state index contributed by atoms with van der Waals surface area (Å²) in [5, 5.41) is 8.80. The molecule has 0 aromatic carbocycles. The van der Waals surface area contributed by atoms with Crippen molar-refractivity contribution in [1.82, 2.24) is 4.98 Å². The first-order valence-corrected chi connectivity index (χ1v) is 5.03. The third-order valence-corrected chi connectivity index (χ3v) is 2.18. The highest BCUT2D eigenvalue weighted by molar-refractivity contribution is 5.71. The lowest BCUT2D eigenvalue weighted by atomic mass is 9.92. The first-order chi connectivity index (χ1) is 7.57. The van der Waals surface area contributed by atoms with E-state index in [0.717, 1.165) is 0 Å². The molecule has 0 aliphatic carbocycles. The van der Waals surface area contributed by atoms with Crippen LogP contribution in [0.1, 0.15) is 30.8 Å². The lowest BCUT2D eigenvalue weighted by Crippen LogP contribution is -2.13. The predicted octanol–water partition coefficient (Wildman–Crippen LogP) is 2.21. The maximum Gasteiger partial charge on any atom is 0.168 e. The second-order valence-electron chi connectivity index (χ2n) is 4.13. The van der Waals surface area contributed by atoms with E-state index in [1.165, 1.54) is 6.20 Å². The molecule has 1 aromatic heterocycles. The summed E-state index contributed by atoms with van der Waals surface area (Å²) >= 11 is 0. The summed E-state index contributed by atoms with van der Waals surface area (Å²) in [4.78, 5) is 14.2. The van der Waals surface area contributed by atoms with Crippen LogP contribution in [0.25, 0.3) is 0 Å². The van der Waals surface area contributed by atoms with Gasteiger partial charge in [0.1, 0.15) is 11.4 Å². The number of nitriles is 1. The molecule has 0 unspecified atom stereocenters. The summed E-state index contributed by atoms with van der Waals surface area (Å²) in [6, 6.07) is 5.49. The molecule has 0 aliphatic rings. The standard InChI is InChI=1S/C12H14N2O2/c1-12(2,9-13)5-6-16-11-4-3-10(8-15)14-7-11/h3-4,7-8H,5-6H2,1-2H3. The maximum atomic E-state index is 10.4. The number of carbonyl (C=O) groups is 1. The van der Waals surface area contributed by atoms with Crippen LogP contribution in [0.3, 0.4) is 0 Å². The highest BCUT2D eigenvalue weighted by Crippen LogP contribution is 2.19. The number of ether oxygens (including phenoxy) is 1. The number of rotatable bonds is 5. The summed E-state index contributed by atoms with van der Waals surface area (Å²) in [5.41, 5.74) is 0.000552. The van der Waals surface area contributed by atoms with Gasteiger partial charge in [-0.1, -0.05) is 0 Å². The van der Waals surface area contributed by atoms with Gasteiger partial charge in [-0.2, -0.15) is 5.26 Å². The number of aldehydes is 1. The van der Waals surface area contributed by atoms with Gasteiger partial charge in [0.2, 0.25) is 0 Å². The topological polar surface area (TPSA) is 63.0 Å². The lowest BCUT2D eigenvalue weighted by Gasteiger charge is -2.14. The van der Waals surface area contributed by atoms with Gasteiger partial charge >= 0.3 is 0 Å². The summed E-state index contributed by atoms with van der Waals surface area (Å²) < 4.78 is 5.41. The maximum absolute atomic E-state index is 10.4. The lowest BCUT2D eigenvalue weighted by molar-refractivity contribution is 0.111. The van der Waals surface area contributed by atoms with Crippen molar-refractivity contribution < 1.29 is 9.53 Å². The zero-order valence-electron chi connectivity index (χ0n) is 9.43. The van der Waals surface area contributed by atoms with Gasteiger partial charge in [0, 0.05) is 0 Å². The van der Waals surface area contributed by atoms with Crippen molar-refractivity contribution >= 4 is 6.29 Å². The first kappa shape index (κ1) is 12.2. The van der Waals surface area contributed by atoms with Crippen LogP contribution in [-0.2, 0) is 0 Å². The molecule has 84 valence electrons. The minimum absolute atomic E-state index is 0.379. The molecule has 0 spiro atoms. The second-order valence-corrected chi connectivity index (χ2v) is 4.13. The molecule has 16 heavy (non-hydrogen) atoms. The third-order valence-electron chi connectivity index (χ3n) is 2.18. The quantitative estimate of drug-likeness (QED) is 0.711. The Morgan fingerprint density at radius 2 is 2.31 bits per heavy atom. The van der Waals surface area contributed by atoms with Crippen molar-refractivity contribution in [3.8, 4) is 11.8 Å². The van der Waals surface area contributed by atoms with Crippen LogP contribution in [0.2, 0.25) is 0 Å². The zero-order chi connectivity index (χ0) is 12.0. The Morgan fingerprint density at radius 1 is 1.56 bits per heavy atom. The minimum Gasteiger partial charge on any atom is -0.492 e. The molecule has 0 radical (unpaired) electrons. The Balaban J connectivity index is 2.44. The predicted molar refractivity (Wildman–Crippen MR) is 59.1 cm³/mol. The van der Waals surface area contributed by atoms with Crippen LogP contribution < -0.4 is 4.74 Å². The van der Waals surface area contributed by atoms with Crippen LogP contribution in [0.4, 0.5) is 0 Å². The molecule has 4 nitrogen and oxygen atoms in total. The van der Waals surface area contributed by atoms with Crippen molar-refractivity contribution in [2.24, 2.45) is 5.41 Å². The molecule has 1 aromatic rings. The van der Waals surface area contributed by atoms with Gasteiger partial charge in [0.15, 0.2) is 6.29 Å². The fourth-order valence-corrected chi connectivity index (χ4v) is 1.03. The number of pyridine rings is 1. The van der Waals surface area contributed by atoms with E-state index in [0.29, 0.717) is 30.8 Å². The van der Waals surface area contributed by atoms with Gasteiger partial charge in [-0.25, -0.2) is 4.98 Å². The Hall–Kier alpha value is -1.89. The van der Waals surface area contributed by atoms with E-state index in [2.05, 4.69) is 11.1 Å². The molecule has 1 rings (SSSR count). The molecule has 0 bridgehead atoms. The van der Waals surface area contributed by atoms with Gasteiger partial charge in [0.05, 0.1) is 24.3 Å². The Labute approximate surface area is 94.9 Å². The third kappa shape index (κ3) is 3.70. The van der Waals surface area contributed by atoms with E-state index >= 15 is 0 Å². The monoisotopic (exact) mass is 218 g/mol. The Kier molecular flexibility index (Phi) is 4.01. The summed E-state index contributed by atoms with van der Waals surface area (Å²) in [5.74, 6) is 0.610. The summed E-state index contributed by atoms with van der Waals surface area (Å²) in [7, 11) is 0. The smallest absolute Gasteiger partial charge is 0.168 e. The minimum atomic E-state index is -0.379. The van der Waals surface area contributed by atoms with Crippen LogP contribution in [-0.4, -0.2) is 17.9 Å².